The lowest BCUT2D eigenvalue weighted by Gasteiger charge is -2.07. The number of hydrogen-bond donors (Lipinski definition) is 4. The molecule has 106 valence electrons. The number of anilines is 4. The zero-order valence-corrected chi connectivity index (χ0v) is 11.8. The van der Waals surface area contributed by atoms with E-state index in [4.69, 9.17) is 17.2 Å². The van der Waals surface area contributed by atoms with Gasteiger partial charge in [0.25, 0.3) is 0 Å². The van der Waals surface area contributed by atoms with E-state index in [2.05, 4.69) is 32.2 Å². The summed E-state index contributed by atoms with van der Waals surface area (Å²) in [5.74, 6) is 1.47. The van der Waals surface area contributed by atoms with Gasteiger partial charge in [0.2, 0.25) is 5.95 Å². The smallest absolute Gasteiger partial charge is 0.223 e. The van der Waals surface area contributed by atoms with E-state index in [0.29, 0.717) is 27.6 Å². The monoisotopic (exact) mass is 292 g/mol. The van der Waals surface area contributed by atoms with Crippen LogP contribution in [0.25, 0.3) is 0 Å². The molecule has 0 aliphatic heterocycles. The van der Waals surface area contributed by atoms with Crippen molar-refractivity contribution >= 4 is 35.2 Å². The van der Waals surface area contributed by atoms with E-state index < -0.39 is 0 Å². The van der Waals surface area contributed by atoms with E-state index in [9.17, 15) is 0 Å². The fourth-order valence-electron chi connectivity index (χ4n) is 1.44. The third-order valence-corrected chi connectivity index (χ3v) is 3.00. The molecule has 0 aliphatic carbocycles. The summed E-state index contributed by atoms with van der Waals surface area (Å²) in [7, 11) is 0. The fourth-order valence-corrected chi connectivity index (χ4v) is 2.24. The van der Waals surface area contributed by atoms with E-state index in [1.54, 1.807) is 6.07 Å². The first-order valence-electron chi connectivity index (χ1n) is 6.03. The van der Waals surface area contributed by atoms with Crippen molar-refractivity contribution < 1.29 is 0 Å². The molecule has 2 rings (SSSR count). The van der Waals surface area contributed by atoms with Gasteiger partial charge in [0.05, 0.1) is 0 Å². The molecule has 0 spiro atoms. The van der Waals surface area contributed by atoms with E-state index in [1.165, 1.54) is 17.8 Å². The van der Waals surface area contributed by atoms with Crippen molar-refractivity contribution in [1.82, 2.24) is 19.9 Å². The molecule has 0 saturated carbocycles. The maximum absolute atomic E-state index is 5.68. The average molecular weight is 292 g/mol. The van der Waals surface area contributed by atoms with Crippen molar-refractivity contribution in [3.63, 3.8) is 0 Å². The summed E-state index contributed by atoms with van der Waals surface area (Å²) >= 11 is 1.22. The van der Waals surface area contributed by atoms with Crippen LogP contribution >= 0.6 is 11.8 Å². The molecule has 0 bridgehead atoms. The van der Waals surface area contributed by atoms with Crippen LogP contribution in [0.3, 0.4) is 0 Å². The quantitative estimate of drug-likeness (QED) is 0.468. The van der Waals surface area contributed by atoms with Crippen LogP contribution in [0.1, 0.15) is 13.3 Å². The second-order valence-electron chi connectivity index (χ2n) is 3.98. The molecule has 2 heterocycles. The molecule has 8 nitrogen and oxygen atoms in total. The van der Waals surface area contributed by atoms with Crippen LogP contribution in [-0.2, 0) is 0 Å². The molecular weight excluding hydrogens is 276 g/mol. The molecule has 0 saturated heterocycles. The molecule has 0 aliphatic rings. The summed E-state index contributed by atoms with van der Waals surface area (Å²) in [6, 6.07) is 3.27. The normalized spacial score (nSPS) is 10.4. The topological polar surface area (TPSA) is 142 Å². The molecule has 0 fully saturated rings. The fraction of sp³-hybridized carbons (Fsp3) is 0.273. The van der Waals surface area contributed by atoms with Gasteiger partial charge in [-0.2, -0.15) is 4.98 Å². The SMILES string of the molecule is CCCNc1cc(Sc2nc(N)cc(N)n2)nc(N)n1. The Labute approximate surface area is 120 Å². The van der Waals surface area contributed by atoms with Crippen molar-refractivity contribution in [3.8, 4) is 0 Å². The highest BCUT2D eigenvalue weighted by Gasteiger charge is 2.07. The number of nitrogens with one attached hydrogen (secondary N) is 1. The number of nitrogens with zero attached hydrogens (tertiary/aromatic N) is 4. The Balaban J connectivity index is 2.21. The molecule has 7 N–H and O–H groups in total. The van der Waals surface area contributed by atoms with Gasteiger partial charge in [0, 0.05) is 18.7 Å². The molecule has 2 aromatic rings. The minimum absolute atomic E-state index is 0.186. The molecule has 0 unspecified atom stereocenters. The largest absolute Gasteiger partial charge is 0.383 e. The molecule has 0 aromatic carbocycles. The zero-order chi connectivity index (χ0) is 14.5. The third-order valence-electron chi connectivity index (χ3n) is 2.22. The summed E-state index contributed by atoms with van der Waals surface area (Å²) < 4.78 is 0. The zero-order valence-electron chi connectivity index (χ0n) is 11.0. The standard InChI is InChI=1S/C11H16N8S/c1-2-3-15-8-5-9(19-10(14)18-8)20-11-16-6(12)4-7(13)17-11/h4-5H,2-3H2,1H3,(H4,12,13,16,17)(H3,14,15,18,19). The van der Waals surface area contributed by atoms with Crippen LogP contribution in [0, 0.1) is 0 Å². The highest BCUT2D eigenvalue weighted by atomic mass is 32.2. The molecule has 0 atom stereocenters. The Morgan fingerprint density at radius 1 is 1.05 bits per heavy atom. The van der Waals surface area contributed by atoms with E-state index in [0.717, 1.165) is 13.0 Å². The third kappa shape index (κ3) is 3.85. The second kappa shape index (κ2) is 6.24. The first kappa shape index (κ1) is 14.1. The van der Waals surface area contributed by atoms with Crippen molar-refractivity contribution in [2.24, 2.45) is 0 Å². The molecule has 2 aromatic heterocycles. The van der Waals surface area contributed by atoms with Gasteiger partial charge in [-0.05, 0) is 18.2 Å². The Morgan fingerprint density at radius 2 is 1.75 bits per heavy atom. The Bertz CT molecular complexity index is 583. The lowest BCUT2D eigenvalue weighted by atomic mass is 10.4. The van der Waals surface area contributed by atoms with Gasteiger partial charge >= 0.3 is 0 Å². The predicted molar refractivity (Wildman–Crippen MR) is 80.2 cm³/mol. The predicted octanol–water partition coefficient (Wildman–Crippen LogP) is 0.986. The summed E-state index contributed by atoms with van der Waals surface area (Å²) in [6.07, 6.45) is 0.987. The second-order valence-corrected chi connectivity index (χ2v) is 4.97. The molecular formula is C11H16N8S. The maximum Gasteiger partial charge on any atom is 0.223 e. The number of nitrogens with two attached hydrogens (primary N) is 3. The van der Waals surface area contributed by atoms with Gasteiger partial charge in [-0.25, -0.2) is 15.0 Å². The summed E-state index contributed by atoms with van der Waals surface area (Å²) in [5.41, 5.74) is 16.9. The highest BCUT2D eigenvalue weighted by Crippen LogP contribution is 2.26. The summed E-state index contributed by atoms with van der Waals surface area (Å²) in [4.78, 5) is 16.4. The Morgan fingerprint density at radius 3 is 2.40 bits per heavy atom. The molecule has 0 amide bonds. The molecule has 0 radical (unpaired) electrons. The van der Waals surface area contributed by atoms with Crippen LogP contribution in [0.4, 0.5) is 23.4 Å². The van der Waals surface area contributed by atoms with Crippen molar-refractivity contribution in [2.75, 3.05) is 29.1 Å². The Hall–Kier alpha value is -2.29. The van der Waals surface area contributed by atoms with Crippen LogP contribution in [0.15, 0.2) is 22.3 Å². The van der Waals surface area contributed by atoms with Gasteiger partial charge in [-0.1, -0.05) is 6.92 Å². The Kier molecular flexibility index (Phi) is 4.41. The van der Waals surface area contributed by atoms with Gasteiger partial charge in [0.15, 0.2) is 5.16 Å². The van der Waals surface area contributed by atoms with Gasteiger partial charge < -0.3 is 22.5 Å². The number of hydrogen-bond acceptors (Lipinski definition) is 9. The molecule has 9 heteroatoms. The van der Waals surface area contributed by atoms with Crippen LogP contribution in [-0.4, -0.2) is 26.5 Å². The van der Waals surface area contributed by atoms with E-state index in [-0.39, 0.29) is 5.95 Å². The average Bonchev–Trinajstić information content (AvgIpc) is 2.34. The lowest BCUT2D eigenvalue weighted by molar-refractivity contribution is 0.951. The maximum atomic E-state index is 5.68. The van der Waals surface area contributed by atoms with E-state index in [1.807, 2.05) is 0 Å². The number of nitrogen functional groups attached to an aromatic ring is 3. The van der Waals surface area contributed by atoms with Crippen LogP contribution in [0.5, 0.6) is 0 Å². The lowest BCUT2D eigenvalue weighted by Crippen LogP contribution is -2.05. The summed E-state index contributed by atoms with van der Waals surface area (Å²) in [6.45, 7) is 2.87. The van der Waals surface area contributed by atoms with Gasteiger partial charge in [-0.3, -0.25) is 0 Å². The van der Waals surface area contributed by atoms with Crippen LogP contribution in [0.2, 0.25) is 0 Å². The highest BCUT2D eigenvalue weighted by molar-refractivity contribution is 7.99. The minimum Gasteiger partial charge on any atom is -0.383 e. The minimum atomic E-state index is 0.186. The first-order chi connectivity index (χ1) is 9.56. The van der Waals surface area contributed by atoms with Crippen molar-refractivity contribution in [1.29, 1.82) is 0 Å². The first-order valence-corrected chi connectivity index (χ1v) is 6.84. The van der Waals surface area contributed by atoms with Crippen molar-refractivity contribution in [3.05, 3.63) is 12.1 Å². The number of rotatable bonds is 5. The van der Waals surface area contributed by atoms with Crippen molar-refractivity contribution in [2.45, 2.75) is 23.5 Å². The van der Waals surface area contributed by atoms with Gasteiger partial charge in [0.1, 0.15) is 22.5 Å². The molecule has 20 heavy (non-hydrogen) atoms. The number of aromatic nitrogens is 4. The van der Waals surface area contributed by atoms with E-state index >= 15 is 0 Å². The summed E-state index contributed by atoms with van der Waals surface area (Å²) in [5, 5.41) is 4.19. The van der Waals surface area contributed by atoms with Gasteiger partial charge in [-0.15, -0.1) is 0 Å². The van der Waals surface area contributed by atoms with Crippen LogP contribution < -0.4 is 22.5 Å².